The number of aromatic amines is 1. The Kier molecular flexibility index (Phi) is 7.12. The summed E-state index contributed by atoms with van der Waals surface area (Å²) in [5.74, 6) is 1.35. The van der Waals surface area contributed by atoms with E-state index in [1.165, 1.54) is 22.2 Å². The maximum absolute atomic E-state index is 12.4. The molecule has 2 aromatic rings. The number of carbonyl (C=O) groups is 2. The molecule has 0 fully saturated rings. The third kappa shape index (κ3) is 5.35. The van der Waals surface area contributed by atoms with E-state index in [4.69, 9.17) is 4.74 Å². The predicted molar refractivity (Wildman–Crippen MR) is 112 cm³/mol. The lowest BCUT2D eigenvalue weighted by atomic mass is 10.2. The van der Waals surface area contributed by atoms with Gasteiger partial charge in [0.15, 0.2) is 6.61 Å². The molecule has 1 aliphatic carbocycles. The minimum Gasteiger partial charge on any atom is -0.456 e. The van der Waals surface area contributed by atoms with E-state index in [1.54, 1.807) is 11.3 Å². The number of nitrogens with zero attached hydrogens (tertiary/aromatic N) is 1. The van der Waals surface area contributed by atoms with Crippen LogP contribution in [0.3, 0.4) is 0 Å². The average molecular weight is 424 g/mol. The lowest BCUT2D eigenvalue weighted by Gasteiger charge is -2.08. The number of aromatic nitrogens is 2. The molecule has 0 radical (unpaired) electrons. The van der Waals surface area contributed by atoms with Crippen LogP contribution in [0.1, 0.15) is 43.0 Å². The van der Waals surface area contributed by atoms with E-state index in [9.17, 15) is 14.4 Å². The summed E-state index contributed by atoms with van der Waals surface area (Å²) < 4.78 is 4.96. The van der Waals surface area contributed by atoms with Crippen LogP contribution < -0.4 is 10.9 Å². The Bertz CT molecular complexity index is 920. The van der Waals surface area contributed by atoms with Crippen molar-refractivity contribution in [3.8, 4) is 0 Å². The monoisotopic (exact) mass is 423 g/mol. The highest BCUT2D eigenvalue weighted by molar-refractivity contribution is 7.98. The number of rotatable bonds is 9. The van der Waals surface area contributed by atoms with Gasteiger partial charge in [0.1, 0.15) is 10.7 Å². The zero-order valence-corrected chi connectivity index (χ0v) is 17.8. The molecular formula is C19H25N3O4S2. The number of thioether (sulfide) groups is 1. The van der Waals surface area contributed by atoms with Gasteiger partial charge < -0.3 is 15.0 Å². The fourth-order valence-electron chi connectivity index (χ4n) is 3.03. The van der Waals surface area contributed by atoms with Crippen molar-refractivity contribution in [1.29, 1.82) is 0 Å². The number of esters is 1. The zero-order chi connectivity index (χ0) is 20.1. The van der Waals surface area contributed by atoms with Gasteiger partial charge in [0.05, 0.1) is 17.6 Å². The second-order valence-electron chi connectivity index (χ2n) is 7.21. The maximum atomic E-state index is 12.4. The van der Waals surface area contributed by atoms with Crippen molar-refractivity contribution in [1.82, 2.24) is 15.3 Å². The topological polar surface area (TPSA) is 101 Å². The van der Waals surface area contributed by atoms with E-state index in [0.717, 1.165) is 29.5 Å². The van der Waals surface area contributed by atoms with Crippen LogP contribution in [0.5, 0.6) is 0 Å². The first-order valence-electron chi connectivity index (χ1n) is 9.47. The van der Waals surface area contributed by atoms with Gasteiger partial charge in [-0.1, -0.05) is 13.8 Å². The van der Waals surface area contributed by atoms with Crippen molar-refractivity contribution < 1.29 is 14.3 Å². The summed E-state index contributed by atoms with van der Waals surface area (Å²) in [6, 6.07) is 0. The molecule has 0 atom stereocenters. The second-order valence-corrected chi connectivity index (χ2v) is 9.40. The molecule has 0 unspecified atom stereocenters. The summed E-state index contributed by atoms with van der Waals surface area (Å²) in [5.41, 5.74) is 1.11. The van der Waals surface area contributed by atoms with E-state index in [-0.39, 0.29) is 24.5 Å². The standard InChI is InChI=1S/C19H25N3O4S2/c1-11(2)8-20-15(23)9-26-16(24)6-7-27-10-14-21-18(25)17-12-4-3-5-13(12)28-19(17)22-14/h11H,3-10H2,1-2H3,(H,20,23)(H,21,22,25). The molecule has 1 amide bonds. The lowest BCUT2D eigenvalue weighted by Crippen LogP contribution is -2.31. The number of hydrogen-bond acceptors (Lipinski definition) is 7. The second kappa shape index (κ2) is 9.56. The van der Waals surface area contributed by atoms with Gasteiger partial charge in [-0.2, -0.15) is 11.8 Å². The molecule has 152 valence electrons. The number of aryl methyl sites for hydroxylation is 2. The third-order valence-electron chi connectivity index (χ3n) is 4.39. The molecule has 7 nitrogen and oxygen atoms in total. The van der Waals surface area contributed by atoms with Gasteiger partial charge in [0.2, 0.25) is 0 Å². The molecule has 0 aromatic carbocycles. The Morgan fingerprint density at radius 1 is 1.36 bits per heavy atom. The van der Waals surface area contributed by atoms with Crippen LogP contribution in [0.25, 0.3) is 10.2 Å². The van der Waals surface area contributed by atoms with Crippen molar-refractivity contribution in [2.75, 3.05) is 18.9 Å². The van der Waals surface area contributed by atoms with Crippen molar-refractivity contribution in [3.05, 3.63) is 26.6 Å². The van der Waals surface area contributed by atoms with Crippen molar-refractivity contribution in [2.45, 2.75) is 45.3 Å². The maximum Gasteiger partial charge on any atom is 0.307 e. The molecule has 9 heteroatoms. The number of fused-ring (bicyclic) bond motifs is 3. The number of ether oxygens (including phenoxy) is 1. The number of hydrogen-bond donors (Lipinski definition) is 2. The van der Waals surface area contributed by atoms with Gasteiger partial charge >= 0.3 is 5.97 Å². The predicted octanol–water partition coefficient (Wildman–Crippen LogP) is 2.41. The van der Waals surface area contributed by atoms with Crippen molar-refractivity contribution in [3.63, 3.8) is 0 Å². The molecule has 0 saturated heterocycles. The average Bonchev–Trinajstić information content (AvgIpc) is 3.22. The Labute approximate surface area is 171 Å². The first-order valence-corrected chi connectivity index (χ1v) is 11.4. The highest BCUT2D eigenvalue weighted by atomic mass is 32.2. The molecule has 2 N–H and O–H groups in total. The molecule has 1 aliphatic rings. The molecule has 2 aromatic heterocycles. The molecule has 28 heavy (non-hydrogen) atoms. The number of nitrogens with one attached hydrogen (secondary N) is 2. The minimum atomic E-state index is -0.404. The van der Waals surface area contributed by atoms with Crippen molar-refractivity contribution in [2.24, 2.45) is 5.92 Å². The van der Waals surface area contributed by atoms with E-state index >= 15 is 0 Å². The van der Waals surface area contributed by atoms with Crippen LogP contribution in [0.4, 0.5) is 0 Å². The van der Waals surface area contributed by atoms with Gasteiger partial charge in [-0.15, -0.1) is 11.3 Å². The first kappa shape index (κ1) is 20.9. The van der Waals surface area contributed by atoms with E-state index in [1.807, 2.05) is 13.8 Å². The summed E-state index contributed by atoms with van der Waals surface area (Å²) in [6.07, 6.45) is 3.33. The van der Waals surface area contributed by atoms with Crippen LogP contribution in [-0.4, -0.2) is 40.7 Å². The van der Waals surface area contributed by atoms with Crippen LogP contribution in [0.15, 0.2) is 4.79 Å². The highest BCUT2D eigenvalue weighted by Crippen LogP contribution is 2.34. The smallest absolute Gasteiger partial charge is 0.307 e. The summed E-state index contributed by atoms with van der Waals surface area (Å²) in [7, 11) is 0. The molecule has 0 saturated carbocycles. The summed E-state index contributed by atoms with van der Waals surface area (Å²) >= 11 is 3.12. The SMILES string of the molecule is CC(C)CNC(=O)COC(=O)CCSCc1nc2sc3c(c2c(=O)[nH]1)CCC3. The van der Waals surface area contributed by atoms with Gasteiger partial charge in [-0.05, 0) is 30.7 Å². The zero-order valence-electron chi connectivity index (χ0n) is 16.1. The van der Waals surface area contributed by atoms with Gasteiger partial charge in [0.25, 0.3) is 11.5 Å². The Morgan fingerprint density at radius 3 is 2.96 bits per heavy atom. The van der Waals surface area contributed by atoms with Crippen LogP contribution >= 0.6 is 23.1 Å². The van der Waals surface area contributed by atoms with Gasteiger partial charge in [0, 0.05) is 17.2 Å². The largest absolute Gasteiger partial charge is 0.456 e. The van der Waals surface area contributed by atoms with Gasteiger partial charge in [-0.3, -0.25) is 14.4 Å². The summed E-state index contributed by atoms with van der Waals surface area (Å²) in [4.78, 5) is 45.2. The number of thiophene rings is 1. The Balaban J connectivity index is 1.41. The lowest BCUT2D eigenvalue weighted by molar-refractivity contribution is -0.148. The fourth-order valence-corrected chi connectivity index (χ4v) is 5.09. The van der Waals surface area contributed by atoms with Gasteiger partial charge in [-0.25, -0.2) is 4.98 Å². The number of carbonyl (C=O) groups excluding carboxylic acids is 2. The van der Waals surface area contributed by atoms with Crippen LogP contribution in [-0.2, 0) is 32.9 Å². The quantitative estimate of drug-likeness (QED) is 0.474. The Morgan fingerprint density at radius 2 is 2.18 bits per heavy atom. The normalized spacial score (nSPS) is 13.1. The highest BCUT2D eigenvalue weighted by Gasteiger charge is 2.21. The molecule has 0 bridgehead atoms. The van der Waals surface area contributed by atoms with Crippen LogP contribution in [0.2, 0.25) is 0 Å². The molecule has 0 aliphatic heterocycles. The van der Waals surface area contributed by atoms with E-state index in [2.05, 4.69) is 15.3 Å². The summed E-state index contributed by atoms with van der Waals surface area (Å²) in [5, 5.41) is 3.45. The summed E-state index contributed by atoms with van der Waals surface area (Å²) in [6.45, 7) is 4.31. The number of H-pyrrole nitrogens is 1. The molecule has 2 heterocycles. The number of amides is 1. The first-order chi connectivity index (χ1) is 13.4. The van der Waals surface area contributed by atoms with Crippen LogP contribution in [0, 0.1) is 5.92 Å². The fraction of sp³-hybridized carbons (Fsp3) is 0.579. The van der Waals surface area contributed by atoms with E-state index < -0.39 is 5.97 Å². The Hall–Kier alpha value is -1.87. The molecular weight excluding hydrogens is 398 g/mol. The third-order valence-corrected chi connectivity index (χ3v) is 6.54. The van der Waals surface area contributed by atoms with Crippen molar-refractivity contribution >= 4 is 45.2 Å². The molecule has 3 rings (SSSR count). The van der Waals surface area contributed by atoms with E-state index in [0.29, 0.717) is 29.8 Å². The molecule has 0 spiro atoms. The minimum absolute atomic E-state index is 0.0631.